The molecule has 7 aliphatic carbocycles. The fourth-order valence-electron chi connectivity index (χ4n) is 10.5. The van der Waals surface area contributed by atoms with Crippen LogP contribution in [0.3, 0.4) is 0 Å². The largest absolute Gasteiger partial charge is 0.550 e. The molecule has 0 aliphatic heterocycles. The zero-order valence-electron chi connectivity index (χ0n) is 24.4. The molecule has 3 heteroatoms. The number of carbonyl (C=O) groups excluding carboxylic acids is 1. The van der Waals surface area contributed by atoms with Gasteiger partial charge < -0.3 is 14.4 Å². The summed E-state index contributed by atoms with van der Waals surface area (Å²) in [7, 11) is 7.27. The van der Waals surface area contributed by atoms with Crippen LogP contribution in [0.5, 0.6) is 0 Å². The standard InChI is InChI=1S/C20H30O2.C13H24N/c1-13(2)14-6-8-16-15(12-14)7-9-17-19(16,3)10-5-11-20(17,4)18(21)22;1-14(2,3)13-7-10-4-11(8-13)6-12(5-10)9-13/h7,12-13,16-17H,5-6,8-11H2,1-4H3,(H,21,22);10-12H,4-9H2,1-3H3/q;+1/p-1. The molecule has 202 valence electrons. The first-order valence-corrected chi connectivity index (χ1v) is 15.2. The zero-order chi connectivity index (χ0) is 26.1. The predicted molar refractivity (Wildman–Crippen MR) is 146 cm³/mol. The summed E-state index contributed by atoms with van der Waals surface area (Å²) in [6, 6.07) is 0. The number of allylic oxidation sites excluding steroid dienone is 4. The van der Waals surface area contributed by atoms with Gasteiger partial charge in [0.05, 0.1) is 26.7 Å². The highest BCUT2D eigenvalue weighted by Crippen LogP contribution is 2.62. The van der Waals surface area contributed by atoms with E-state index >= 15 is 0 Å². The van der Waals surface area contributed by atoms with E-state index in [0.29, 0.717) is 17.4 Å². The molecular weight excluding hydrogens is 442 g/mol. The molecule has 0 aromatic rings. The molecule has 0 amide bonds. The molecule has 0 aromatic carbocycles. The number of fused-ring (bicyclic) bond motifs is 3. The molecule has 0 saturated heterocycles. The second kappa shape index (κ2) is 8.99. The Kier molecular flexibility index (Phi) is 6.62. The van der Waals surface area contributed by atoms with Crippen LogP contribution in [0.25, 0.3) is 0 Å². The van der Waals surface area contributed by atoms with E-state index in [-0.39, 0.29) is 11.3 Å². The predicted octanol–water partition coefficient (Wildman–Crippen LogP) is 6.53. The van der Waals surface area contributed by atoms with E-state index in [0.717, 1.165) is 43.4 Å². The third kappa shape index (κ3) is 4.24. The van der Waals surface area contributed by atoms with Crippen LogP contribution in [0.15, 0.2) is 23.3 Å². The Balaban J connectivity index is 0.000000163. The van der Waals surface area contributed by atoms with Crippen LogP contribution in [-0.2, 0) is 4.79 Å². The fourth-order valence-corrected chi connectivity index (χ4v) is 10.5. The molecule has 36 heavy (non-hydrogen) atoms. The van der Waals surface area contributed by atoms with E-state index in [2.05, 4.69) is 54.1 Å². The fraction of sp³-hybridized carbons (Fsp3) is 0.848. The first-order chi connectivity index (χ1) is 16.8. The van der Waals surface area contributed by atoms with Gasteiger partial charge in [0, 0.05) is 30.6 Å². The molecule has 0 spiro atoms. The van der Waals surface area contributed by atoms with Gasteiger partial charge in [-0.3, -0.25) is 0 Å². The molecule has 5 saturated carbocycles. The Labute approximate surface area is 221 Å². The molecule has 0 N–H and O–H groups in total. The summed E-state index contributed by atoms with van der Waals surface area (Å²) < 4.78 is 1.22. The molecule has 0 radical (unpaired) electrons. The minimum atomic E-state index is -0.838. The maximum atomic E-state index is 11.8. The van der Waals surface area contributed by atoms with Crippen molar-refractivity contribution in [1.29, 1.82) is 0 Å². The van der Waals surface area contributed by atoms with Gasteiger partial charge in [-0.05, 0) is 97.9 Å². The van der Waals surface area contributed by atoms with E-state index < -0.39 is 11.4 Å². The van der Waals surface area contributed by atoms with Gasteiger partial charge in [0.2, 0.25) is 0 Å². The van der Waals surface area contributed by atoms with Crippen LogP contribution in [0.2, 0.25) is 0 Å². The van der Waals surface area contributed by atoms with Crippen molar-refractivity contribution in [2.75, 3.05) is 21.1 Å². The average Bonchev–Trinajstić information content (AvgIpc) is 2.77. The lowest BCUT2D eigenvalue weighted by molar-refractivity contribution is -0.930. The van der Waals surface area contributed by atoms with Crippen LogP contribution in [0, 0.1) is 46.3 Å². The summed E-state index contributed by atoms with van der Waals surface area (Å²) in [5.41, 5.74) is 3.18. The lowest BCUT2D eigenvalue weighted by Crippen LogP contribution is -2.65. The lowest BCUT2D eigenvalue weighted by Gasteiger charge is -2.61. The lowest BCUT2D eigenvalue weighted by atomic mass is 9.47. The first kappa shape index (κ1) is 26.5. The van der Waals surface area contributed by atoms with Gasteiger partial charge in [-0.15, -0.1) is 0 Å². The van der Waals surface area contributed by atoms with Crippen molar-refractivity contribution >= 4 is 5.97 Å². The van der Waals surface area contributed by atoms with E-state index in [9.17, 15) is 9.90 Å². The first-order valence-electron chi connectivity index (χ1n) is 15.2. The maximum Gasteiger partial charge on any atom is 0.0994 e. The highest BCUT2D eigenvalue weighted by Gasteiger charge is 2.57. The van der Waals surface area contributed by atoms with Gasteiger partial charge >= 0.3 is 0 Å². The van der Waals surface area contributed by atoms with Crippen molar-refractivity contribution in [2.45, 2.75) is 110 Å². The van der Waals surface area contributed by atoms with Crippen LogP contribution in [-0.4, -0.2) is 37.1 Å². The number of aliphatic carboxylic acids is 1. The van der Waals surface area contributed by atoms with Crippen molar-refractivity contribution in [3.05, 3.63) is 23.3 Å². The van der Waals surface area contributed by atoms with Crippen LogP contribution in [0.4, 0.5) is 0 Å². The van der Waals surface area contributed by atoms with Crippen LogP contribution < -0.4 is 5.11 Å². The Morgan fingerprint density at radius 1 is 1.00 bits per heavy atom. The highest BCUT2D eigenvalue weighted by atomic mass is 16.4. The van der Waals surface area contributed by atoms with Crippen LogP contribution in [0.1, 0.15) is 105 Å². The van der Waals surface area contributed by atoms with Gasteiger partial charge in [0.15, 0.2) is 0 Å². The summed E-state index contributed by atoms with van der Waals surface area (Å²) in [6.45, 7) is 8.83. The van der Waals surface area contributed by atoms with Crippen molar-refractivity contribution in [1.82, 2.24) is 0 Å². The molecule has 7 rings (SSSR count). The average molecular weight is 496 g/mol. The third-order valence-electron chi connectivity index (χ3n) is 12.5. The van der Waals surface area contributed by atoms with E-state index in [4.69, 9.17) is 0 Å². The summed E-state index contributed by atoms with van der Waals surface area (Å²) >= 11 is 0. The number of carbonyl (C=O) groups is 1. The third-order valence-corrected chi connectivity index (χ3v) is 12.5. The summed E-state index contributed by atoms with van der Waals surface area (Å²) in [6.07, 6.45) is 20.3. The molecule has 7 aliphatic rings. The summed E-state index contributed by atoms with van der Waals surface area (Å²) in [5, 5.41) is 11.8. The number of rotatable bonds is 3. The molecule has 4 unspecified atom stereocenters. The molecule has 5 fully saturated rings. The Bertz CT molecular complexity index is 901. The van der Waals surface area contributed by atoms with Gasteiger partial charge in [-0.25, -0.2) is 0 Å². The van der Waals surface area contributed by atoms with Crippen molar-refractivity contribution in [3.63, 3.8) is 0 Å². The quantitative estimate of drug-likeness (QED) is 0.417. The number of quaternary nitrogens is 1. The van der Waals surface area contributed by atoms with E-state index in [1.54, 1.807) is 24.8 Å². The molecule has 4 atom stereocenters. The zero-order valence-corrected chi connectivity index (χ0v) is 24.4. The minimum absolute atomic E-state index is 0.121. The van der Waals surface area contributed by atoms with Gasteiger partial charge in [0.1, 0.15) is 0 Å². The summed E-state index contributed by atoms with van der Waals surface area (Å²) in [4.78, 5) is 11.8. The van der Waals surface area contributed by atoms with E-state index in [1.807, 2.05) is 6.92 Å². The Morgan fingerprint density at radius 3 is 2.08 bits per heavy atom. The summed E-state index contributed by atoms with van der Waals surface area (Å²) in [5.74, 6) is 3.83. The SMILES string of the molecule is CC(C)C1=CC2=CCC3C(C)(C(=O)[O-])CCCC3(C)C2CC1.C[N+](C)(C)C12CC3CC(CC(C3)C1)C2. The number of hydrogen-bond acceptors (Lipinski definition) is 2. The Hall–Kier alpha value is -1.09. The normalized spacial score (nSPS) is 45.2. The van der Waals surface area contributed by atoms with E-state index in [1.165, 1.54) is 42.2 Å². The molecular formula is C33H53NO2. The number of nitrogens with zero attached hydrogens (tertiary/aromatic N) is 1. The number of hydrogen-bond donors (Lipinski definition) is 0. The maximum absolute atomic E-state index is 11.8. The second-order valence-electron chi connectivity index (χ2n) is 15.7. The smallest absolute Gasteiger partial charge is 0.0994 e. The molecule has 4 bridgehead atoms. The number of carboxylic acid groups (broad SMARTS) is 1. The van der Waals surface area contributed by atoms with Crippen molar-refractivity contribution in [3.8, 4) is 0 Å². The van der Waals surface area contributed by atoms with Crippen molar-refractivity contribution in [2.24, 2.45) is 46.3 Å². The topological polar surface area (TPSA) is 40.1 Å². The molecule has 0 heterocycles. The Morgan fingerprint density at radius 2 is 1.58 bits per heavy atom. The van der Waals surface area contributed by atoms with Gasteiger partial charge in [-0.2, -0.15) is 0 Å². The second-order valence-corrected chi connectivity index (χ2v) is 15.7. The van der Waals surface area contributed by atoms with Crippen molar-refractivity contribution < 1.29 is 14.4 Å². The van der Waals surface area contributed by atoms with Crippen LogP contribution >= 0.6 is 0 Å². The monoisotopic (exact) mass is 495 g/mol. The molecule has 3 nitrogen and oxygen atoms in total. The minimum Gasteiger partial charge on any atom is -0.550 e. The molecule has 0 aromatic heterocycles. The van der Waals surface area contributed by atoms with Gasteiger partial charge in [-0.1, -0.05) is 51.8 Å². The number of carboxylic acids is 1. The van der Waals surface area contributed by atoms with Gasteiger partial charge in [0.25, 0.3) is 0 Å². The highest BCUT2D eigenvalue weighted by molar-refractivity contribution is 5.73.